The monoisotopic (exact) mass is 316 g/mol. The Bertz CT molecular complexity index is 652. The fourth-order valence-corrected chi connectivity index (χ4v) is 1.94. The molecule has 1 aromatic carbocycles. The second kappa shape index (κ2) is 8.07. The van der Waals surface area contributed by atoms with E-state index < -0.39 is 0 Å². The zero-order valence-corrected chi connectivity index (χ0v) is 13.2. The lowest BCUT2D eigenvalue weighted by Gasteiger charge is -2.07. The second-order valence-corrected chi connectivity index (χ2v) is 5.33. The Kier molecular flexibility index (Phi) is 5.85. The SMILES string of the molecule is CC(C)OC(=O)CCNC(=O)c1cn(Cc2ccccc2)nn1. The molecule has 23 heavy (non-hydrogen) atoms. The number of benzene rings is 1. The summed E-state index contributed by atoms with van der Waals surface area (Å²) < 4.78 is 6.58. The van der Waals surface area contributed by atoms with Crippen LogP contribution in [0.25, 0.3) is 0 Å². The summed E-state index contributed by atoms with van der Waals surface area (Å²) in [5.74, 6) is -0.699. The lowest BCUT2D eigenvalue weighted by Crippen LogP contribution is -2.27. The fourth-order valence-electron chi connectivity index (χ4n) is 1.94. The van der Waals surface area contributed by atoms with E-state index >= 15 is 0 Å². The predicted octanol–water partition coefficient (Wildman–Crippen LogP) is 1.40. The molecule has 0 radical (unpaired) electrons. The first-order valence-corrected chi connectivity index (χ1v) is 7.46. The topological polar surface area (TPSA) is 86.1 Å². The molecule has 7 nitrogen and oxygen atoms in total. The zero-order chi connectivity index (χ0) is 16.7. The van der Waals surface area contributed by atoms with Crippen LogP contribution in [-0.2, 0) is 16.1 Å². The molecule has 1 aromatic heterocycles. The van der Waals surface area contributed by atoms with Gasteiger partial charge in [0.25, 0.3) is 5.91 Å². The van der Waals surface area contributed by atoms with Crippen molar-refractivity contribution in [3.05, 3.63) is 47.8 Å². The molecule has 1 N–H and O–H groups in total. The van der Waals surface area contributed by atoms with E-state index in [1.807, 2.05) is 30.3 Å². The number of nitrogens with zero attached hydrogens (tertiary/aromatic N) is 3. The van der Waals surface area contributed by atoms with E-state index in [4.69, 9.17) is 4.74 Å². The highest BCUT2D eigenvalue weighted by atomic mass is 16.5. The van der Waals surface area contributed by atoms with Crippen LogP contribution >= 0.6 is 0 Å². The number of aromatic nitrogens is 3. The third kappa shape index (κ3) is 5.54. The van der Waals surface area contributed by atoms with Crippen molar-refractivity contribution in [2.24, 2.45) is 0 Å². The number of nitrogens with one attached hydrogen (secondary N) is 1. The smallest absolute Gasteiger partial charge is 0.307 e. The van der Waals surface area contributed by atoms with Crippen molar-refractivity contribution in [1.29, 1.82) is 0 Å². The van der Waals surface area contributed by atoms with Crippen LogP contribution in [0, 0.1) is 0 Å². The van der Waals surface area contributed by atoms with Gasteiger partial charge in [-0.3, -0.25) is 9.59 Å². The molecule has 0 saturated heterocycles. The van der Waals surface area contributed by atoms with E-state index in [2.05, 4.69) is 15.6 Å². The van der Waals surface area contributed by atoms with Crippen molar-refractivity contribution in [3.63, 3.8) is 0 Å². The molecular weight excluding hydrogens is 296 g/mol. The Morgan fingerprint density at radius 3 is 2.70 bits per heavy atom. The summed E-state index contributed by atoms with van der Waals surface area (Å²) in [5, 5.41) is 10.4. The van der Waals surface area contributed by atoms with E-state index in [1.54, 1.807) is 24.7 Å². The third-order valence-electron chi connectivity index (χ3n) is 2.94. The number of carbonyl (C=O) groups excluding carboxylic acids is 2. The number of carbonyl (C=O) groups is 2. The minimum Gasteiger partial charge on any atom is -0.463 e. The summed E-state index contributed by atoms with van der Waals surface area (Å²) in [7, 11) is 0. The van der Waals surface area contributed by atoms with Crippen LogP contribution in [0.15, 0.2) is 36.5 Å². The van der Waals surface area contributed by atoms with E-state index in [9.17, 15) is 9.59 Å². The molecule has 0 unspecified atom stereocenters. The lowest BCUT2D eigenvalue weighted by atomic mass is 10.2. The summed E-state index contributed by atoms with van der Waals surface area (Å²) in [5.41, 5.74) is 1.29. The van der Waals surface area contributed by atoms with Crippen LogP contribution in [0.3, 0.4) is 0 Å². The number of rotatable bonds is 7. The zero-order valence-electron chi connectivity index (χ0n) is 13.2. The standard InChI is InChI=1S/C16H20N4O3/c1-12(2)23-15(21)8-9-17-16(22)14-11-20(19-18-14)10-13-6-4-3-5-7-13/h3-7,11-12H,8-10H2,1-2H3,(H,17,22). The van der Waals surface area contributed by atoms with E-state index in [0.29, 0.717) is 6.54 Å². The number of hydrogen-bond acceptors (Lipinski definition) is 5. The summed E-state index contributed by atoms with van der Waals surface area (Å²) >= 11 is 0. The van der Waals surface area contributed by atoms with Gasteiger partial charge in [0.15, 0.2) is 5.69 Å². The molecule has 0 atom stereocenters. The maximum atomic E-state index is 11.9. The summed E-state index contributed by atoms with van der Waals surface area (Å²) in [6.45, 7) is 4.31. The van der Waals surface area contributed by atoms with E-state index in [1.165, 1.54) is 0 Å². The highest BCUT2D eigenvalue weighted by Crippen LogP contribution is 2.02. The Balaban J connectivity index is 1.80. The van der Waals surface area contributed by atoms with Crippen molar-refractivity contribution in [1.82, 2.24) is 20.3 Å². The maximum Gasteiger partial charge on any atom is 0.307 e. The van der Waals surface area contributed by atoms with Gasteiger partial charge in [0.1, 0.15) is 0 Å². The molecular formula is C16H20N4O3. The van der Waals surface area contributed by atoms with E-state index in [0.717, 1.165) is 5.56 Å². The first kappa shape index (κ1) is 16.7. The highest BCUT2D eigenvalue weighted by Gasteiger charge is 2.12. The molecule has 1 amide bonds. The Labute approximate surface area is 134 Å². The molecule has 0 saturated carbocycles. The fraction of sp³-hybridized carbons (Fsp3) is 0.375. The molecule has 7 heteroatoms. The molecule has 122 valence electrons. The van der Waals surface area contributed by atoms with Crippen LogP contribution in [0.2, 0.25) is 0 Å². The molecule has 0 aliphatic rings. The maximum absolute atomic E-state index is 11.9. The lowest BCUT2D eigenvalue weighted by molar-refractivity contribution is -0.147. The second-order valence-electron chi connectivity index (χ2n) is 5.33. The van der Waals surface area contributed by atoms with Crippen molar-refractivity contribution >= 4 is 11.9 Å². The highest BCUT2D eigenvalue weighted by molar-refractivity contribution is 5.92. The molecule has 1 heterocycles. The van der Waals surface area contributed by atoms with Crippen molar-refractivity contribution < 1.29 is 14.3 Å². The first-order chi connectivity index (χ1) is 11.0. The normalized spacial score (nSPS) is 10.6. The minimum absolute atomic E-state index is 0.127. The van der Waals surface area contributed by atoms with Gasteiger partial charge >= 0.3 is 5.97 Å². The van der Waals surface area contributed by atoms with Crippen LogP contribution in [-0.4, -0.2) is 39.5 Å². The van der Waals surface area contributed by atoms with Crippen LogP contribution < -0.4 is 5.32 Å². The number of hydrogen-bond donors (Lipinski definition) is 1. The van der Waals surface area contributed by atoms with Crippen molar-refractivity contribution in [2.75, 3.05) is 6.54 Å². The quantitative estimate of drug-likeness (QED) is 0.780. The van der Waals surface area contributed by atoms with Crippen molar-refractivity contribution in [3.8, 4) is 0 Å². The predicted molar refractivity (Wildman–Crippen MR) is 83.7 cm³/mol. The molecule has 0 spiro atoms. The average Bonchev–Trinajstić information content (AvgIpc) is 2.96. The molecule has 0 fully saturated rings. The van der Waals surface area contributed by atoms with Gasteiger partial charge in [-0.25, -0.2) is 4.68 Å². The molecule has 2 rings (SSSR count). The van der Waals surface area contributed by atoms with Gasteiger partial charge in [-0.15, -0.1) is 5.10 Å². The van der Waals surface area contributed by atoms with Gasteiger partial charge in [0.2, 0.25) is 0 Å². The third-order valence-corrected chi connectivity index (χ3v) is 2.94. The average molecular weight is 316 g/mol. The van der Waals surface area contributed by atoms with Gasteiger partial charge in [-0.2, -0.15) is 0 Å². The number of esters is 1. The Morgan fingerprint density at radius 1 is 1.26 bits per heavy atom. The van der Waals surface area contributed by atoms with Gasteiger partial charge in [-0.1, -0.05) is 35.5 Å². The van der Waals surface area contributed by atoms with Crippen molar-refractivity contribution in [2.45, 2.75) is 32.9 Å². The Hall–Kier alpha value is -2.70. The Morgan fingerprint density at radius 2 is 2.00 bits per heavy atom. The van der Waals surface area contributed by atoms with Gasteiger partial charge in [0, 0.05) is 6.54 Å². The molecule has 0 bridgehead atoms. The van der Waals surface area contributed by atoms with Crippen LogP contribution in [0.5, 0.6) is 0 Å². The molecule has 2 aromatic rings. The van der Waals surface area contributed by atoms with E-state index in [-0.39, 0.29) is 36.6 Å². The van der Waals surface area contributed by atoms with Gasteiger partial charge in [-0.05, 0) is 19.4 Å². The van der Waals surface area contributed by atoms with Crippen LogP contribution in [0.1, 0.15) is 36.3 Å². The largest absolute Gasteiger partial charge is 0.463 e. The van der Waals surface area contributed by atoms with Gasteiger partial charge in [0.05, 0.1) is 25.3 Å². The first-order valence-electron chi connectivity index (χ1n) is 7.46. The number of ether oxygens (including phenoxy) is 1. The van der Waals surface area contributed by atoms with Gasteiger partial charge < -0.3 is 10.1 Å². The summed E-state index contributed by atoms with van der Waals surface area (Å²) in [6.07, 6.45) is 1.55. The summed E-state index contributed by atoms with van der Waals surface area (Å²) in [6, 6.07) is 9.77. The summed E-state index contributed by atoms with van der Waals surface area (Å²) in [4.78, 5) is 23.3. The minimum atomic E-state index is -0.360. The van der Waals surface area contributed by atoms with Crippen LogP contribution in [0.4, 0.5) is 0 Å². The molecule has 0 aliphatic heterocycles. The molecule has 0 aliphatic carbocycles. The number of amides is 1.